The van der Waals surface area contributed by atoms with Gasteiger partial charge in [0.05, 0.1) is 6.54 Å². The van der Waals surface area contributed by atoms with Gasteiger partial charge in [0, 0.05) is 42.7 Å². The van der Waals surface area contributed by atoms with Crippen LogP contribution in [0.3, 0.4) is 0 Å². The monoisotopic (exact) mass is 322 g/mol. The molecule has 0 aliphatic heterocycles. The number of imidazole rings is 1. The third-order valence-electron chi connectivity index (χ3n) is 3.02. The fourth-order valence-electron chi connectivity index (χ4n) is 1.86. The van der Waals surface area contributed by atoms with E-state index in [-0.39, 0.29) is 0 Å². The molecule has 1 heterocycles. The standard InChI is InChI=1S/C14H19BrN4/c1-18(11-14-17-8-10-19(14)2)9-7-16-13-6-4-3-5-12(13)15/h3-6,8,10,16H,7,9,11H2,1-2H3. The zero-order valence-electron chi connectivity index (χ0n) is 11.3. The van der Waals surface area contributed by atoms with Gasteiger partial charge in [-0.2, -0.15) is 0 Å². The van der Waals surface area contributed by atoms with E-state index in [0.717, 1.165) is 35.6 Å². The van der Waals surface area contributed by atoms with Gasteiger partial charge in [-0.25, -0.2) is 4.98 Å². The molecule has 0 atom stereocenters. The van der Waals surface area contributed by atoms with E-state index in [4.69, 9.17) is 0 Å². The Kier molecular flexibility index (Phi) is 4.99. The van der Waals surface area contributed by atoms with Crippen molar-refractivity contribution in [3.63, 3.8) is 0 Å². The second-order valence-electron chi connectivity index (χ2n) is 4.60. The molecule has 0 spiro atoms. The van der Waals surface area contributed by atoms with Crippen LogP contribution in [0.4, 0.5) is 5.69 Å². The Balaban J connectivity index is 1.77. The number of hydrogen-bond donors (Lipinski definition) is 1. The number of aryl methyl sites for hydroxylation is 1. The Morgan fingerprint density at radius 2 is 2.16 bits per heavy atom. The molecule has 0 amide bonds. The molecule has 5 heteroatoms. The topological polar surface area (TPSA) is 33.1 Å². The highest BCUT2D eigenvalue weighted by Crippen LogP contribution is 2.20. The van der Waals surface area contributed by atoms with Gasteiger partial charge in [0.1, 0.15) is 5.82 Å². The largest absolute Gasteiger partial charge is 0.383 e. The van der Waals surface area contributed by atoms with E-state index in [9.17, 15) is 0 Å². The van der Waals surface area contributed by atoms with E-state index >= 15 is 0 Å². The fraction of sp³-hybridized carbons (Fsp3) is 0.357. The number of aromatic nitrogens is 2. The Morgan fingerprint density at radius 1 is 1.37 bits per heavy atom. The highest BCUT2D eigenvalue weighted by molar-refractivity contribution is 9.10. The zero-order valence-corrected chi connectivity index (χ0v) is 12.9. The van der Waals surface area contributed by atoms with Crippen LogP contribution in [0.15, 0.2) is 41.1 Å². The SMILES string of the molecule is CN(CCNc1ccccc1Br)Cc1nccn1C. The minimum absolute atomic E-state index is 0.862. The predicted octanol–water partition coefficient (Wildman–Crippen LogP) is 2.73. The van der Waals surface area contributed by atoms with Crippen molar-refractivity contribution < 1.29 is 0 Å². The zero-order chi connectivity index (χ0) is 13.7. The molecule has 2 rings (SSSR count). The summed E-state index contributed by atoms with van der Waals surface area (Å²) >= 11 is 3.53. The van der Waals surface area contributed by atoms with Crippen molar-refractivity contribution in [3.05, 3.63) is 47.0 Å². The molecule has 0 saturated carbocycles. The van der Waals surface area contributed by atoms with Crippen LogP contribution in [0.1, 0.15) is 5.82 Å². The molecule has 0 fully saturated rings. The molecule has 0 aliphatic rings. The van der Waals surface area contributed by atoms with Crippen molar-refractivity contribution in [3.8, 4) is 0 Å². The molecule has 0 aliphatic carbocycles. The van der Waals surface area contributed by atoms with Gasteiger partial charge in [0.15, 0.2) is 0 Å². The summed E-state index contributed by atoms with van der Waals surface area (Å²) in [4.78, 5) is 6.59. The van der Waals surface area contributed by atoms with Gasteiger partial charge in [-0.15, -0.1) is 0 Å². The second kappa shape index (κ2) is 6.73. The fourth-order valence-corrected chi connectivity index (χ4v) is 2.28. The number of anilines is 1. The lowest BCUT2D eigenvalue weighted by Gasteiger charge is -2.17. The quantitative estimate of drug-likeness (QED) is 0.887. The van der Waals surface area contributed by atoms with Gasteiger partial charge < -0.3 is 9.88 Å². The molecule has 1 aromatic carbocycles. The third kappa shape index (κ3) is 4.08. The lowest BCUT2D eigenvalue weighted by atomic mass is 10.3. The minimum atomic E-state index is 0.862. The van der Waals surface area contributed by atoms with Gasteiger partial charge in [-0.05, 0) is 35.1 Å². The van der Waals surface area contributed by atoms with Crippen molar-refractivity contribution in [2.45, 2.75) is 6.54 Å². The van der Waals surface area contributed by atoms with Crippen molar-refractivity contribution in [2.75, 3.05) is 25.5 Å². The molecule has 102 valence electrons. The molecule has 0 unspecified atom stereocenters. The van der Waals surface area contributed by atoms with E-state index in [1.165, 1.54) is 0 Å². The first-order valence-corrected chi connectivity index (χ1v) is 7.09. The number of nitrogens with one attached hydrogen (secondary N) is 1. The van der Waals surface area contributed by atoms with E-state index in [1.807, 2.05) is 37.6 Å². The Labute approximate surface area is 122 Å². The van der Waals surface area contributed by atoms with Crippen molar-refractivity contribution in [1.82, 2.24) is 14.5 Å². The van der Waals surface area contributed by atoms with E-state index in [0.29, 0.717) is 0 Å². The molecular weight excluding hydrogens is 304 g/mol. The van der Waals surface area contributed by atoms with Crippen LogP contribution in [0.25, 0.3) is 0 Å². The molecule has 2 aromatic rings. The lowest BCUT2D eigenvalue weighted by molar-refractivity contribution is 0.327. The van der Waals surface area contributed by atoms with Crippen molar-refractivity contribution >= 4 is 21.6 Å². The highest BCUT2D eigenvalue weighted by atomic mass is 79.9. The summed E-state index contributed by atoms with van der Waals surface area (Å²) in [6.07, 6.45) is 3.81. The first kappa shape index (κ1) is 14.1. The Bertz CT molecular complexity index is 524. The summed E-state index contributed by atoms with van der Waals surface area (Å²) in [6, 6.07) is 8.16. The highest BCUT2D eigenvalue weighted by Gasteiger charge is 2.04. The third-order valence-corrected chi connectivity index (χ3v) is 3.71. The van der Waals surface area contributed by atoms with Crippen LogP contribution >= 0.6 is 15.9 Å². The predicted molar refractivity (Wildman–Crippen MR) is 82.2 cm³/mol. The van der Waals surface area contributed by atoms with Crippen LogP contribution in [-0.4, -0.2) is 34.6 Å². The van der Waals surface area contributed by atoms with Gasteiger partial charge in [0.25, 0.3) is 0 Å². The molecule has 0 bridgehead atoms. The number of benzene rings is 1. The number of rotatable bonds is 6. The summed E-state index contributed by atoms with van der Waals surface area (Å²) in [5.74, 6) is 1.09. The number of hydrogen-bond acceptors (Lipinski definition) is 3. The van der Waals surface area contributed by atoms with Gasteiger partial charge in [0.2, 0.25) is 0 Å². The molecule has 0 radical (unpaired) electrons. The molecule has 0 saturated heterocycles. The summed E-state index contributed by atoms with van der Waals surface area (Å²) in [5, 5.41) is 3.42. The number of likely N-dealkylation sites (N-methyl/N-ethyl adjacent to an activating group) is 1. The minimum Gasteiger partial charge on any atom is -0.383 e. The molecule has 19 heavy (non-hydrogen) atoms. The smallest absolute Gasteiger partial charge is 0.122 e. The summed E-state index contributed by atoms with van der Waals surface area (Å²) in [7, 11) is 4.13. The van der Waals surface area contributed by atoms with Crippen LogP contribution in [0.2, 0.25) is 0 Å². The molecule has 1 N–H and O–H groups in total. The van der Waals surface area contributed by atoms with Crippen molar-refractivity contribution in [1.29, 1.82) is 0 Å². The number of halogens is 1. The van der Waals surface area contributed by atoms with E-state index < -0.39 is 0 Å². The number of para-hydroxylation sites is 1. The molecule has 4 nitrogen and oxygen atoms in total. The van der Waals surface area contributed by atoms with Crippen LogP contribution in [-0.2, 0) is 13.6 Å². The summed E-state index contributed by atoms with van der Waals surface area (Å²) in [6.45, 7) is 2.73. The summed E-state index contributed by atoms with van der Waals surface area (Å²) in [5.41, 5.74) is 1.13. The second-order valence-corrected chi connectivity index (χ2v) is 5.45. The number of nitrogens with zero attached hydrogens (tertiary/aromatic N) is 3. The average Bonchev–Trinajstić information content (AvgIpc) is 2.77. The Morgan fingerprint density at radius 3 is 2.84 bits per heavy atom. The maximum Gasteiger partial charge on any atom is 0.122 e. The van der Waals surface area contributed by atoms with Crippen LogP contribution in [0.5, 0.6) is 0 Å². The summed E-state index contributed by atoms with van der Waals surface area (Å²) < 4.78 is 3.15. The first-order chi connectivity index (χ1) is 9.16. The normalized spacial score (nSPS) is 10.9. The average molecular weight is 323 g/mol. The van der Waals surface area contributed by atoms with Gasteiger partial charge in [-0.3, -0.25) is 4.90 Å². The van der Waals surface area contributed by atoms with E-state index in [2.05, 4.69) is 48.8 Å². The lowest BCUT2D eigenvalue weighted by Crippen LogP contribution is -2.26. The Hall–Kier alpha value is -1.33. The maximum atomic E-state index is 4.33. The van der Waals surface area contributed by atoms with Crippen molar-refractivity contribution in [2.24, 2.45) is 7.05 Å². The van der Waals surface area contributed by atoms with Crippen LogP contribution < -0.4 is 5.32 Å². The van der Waals surface area contributed by atoms with Crippen LogP contribution in [0, 0.1) is 0 Å². The molecule has 1 aromatic heterocycles. The van der Waals surface area contributed by atoms with Gasteiger partial charge >= 0.3 is 0 Å². The van der Waals surface area contributed by atoms with Gasteiger partial charge in [-0.1, -0.05) is 12.1 Å². The molecular formula is C14H19BrN4. The van der Waals surface area contributed by atoms with E-state index in [1.54, 1.807) is 0 Å². The first-order valence-electron chi connectivity index (χ1n) is 6.30. The maximum absolute atomic E-state index is 4.33.